The first-order valence-electron chi connectivity index (χ1n) is 6.18. The Bertz CT molecular complexity index is 261. The van der Waals surface area contributed by atoms with Crippen molar-refractivity contribution in [2.45, 2.75) is 39.7 Å². The summed E-state index contributed by atoms with van der Waals surface area (Å²) in [6.45, 7) is 12.0. The fourth-order valence-electron chi connectivity index (χ4n) is 4.00. The Morgan fingerprint density at radius 3 is 2.44 bits per heavy atom. The van der Waals surface area contributed by atoms with Crippen LogP contribution in [0.25, 0.3) is 0 Å². The fourth-order valence-corrected chi connectivity index (χ4v) is 4.00. The van der Waals surface area contributed by atoms with Gasteiger partial charge in [0.15, 0.2) is 0 Å². The minimum atomic E-state index is 0. The second-order valence-electron chi connectivity index (χ2n) is 6.19. The van der Waals surface area contributed by atoms with Crippen molar-refractivity contribution in [2.75, 3.05) is 13.6 Å². The van der Waals surface area contributed by atoms with E-state index in [0.29, 0.717) is 5.41 Å². The molecular formula is C14H24LiN. The van der Waals surface area contributed by atoms with Crippen molar-refractivity contribution in [1.29, 1.82) is 0 Å². The van der Waals surface area contributed by atoms with Gasteiger partial charge >= 0.3 is 18.9 Å². The van der Waals surface area contributed by atoms with Crippen LogP contribution >= 0.6 is 0 Å². The van der Waals surface area contributed by atoms with Crippen LogP contribution in [0.4, 0.5) is 0 Å². The van der Waals surface area contributed by atoms with Crippen LogP contribution in [0.15, 0.2) is 6.58 Å². The first-order chi connectivity index (χ1) is 6.98. The third-order valence-electron chi connectivity index (χ3n) is 5.24. The van der Waals surface area contributed by atoms with E-state index in [2.05, 4.69) is 45.4 Å². The Balaban J connectivity index is 0.00000128. The molecule has 4 atom stereocenters. The minimum Gasteiger partial charge on any atom is -0.489 e. The summed E-state index contributed by atoms with van der Waals surface area (Å²) in [6, 6.07) is 0.760. The summed E-state index contributed by atoms with van der Waals surface area (Å²) in [6.07, 6.45) is 5.86. The number of rotatable bonds is 3. The van der Waals surface area contributed by atoms with Gasteiger partial charge in [0.05, 0.1) is 0 Å². The van der Waals surface area contributed by atoms with Gasteiger partial charge in [-0.05, 0) is 43.1 Å². The van der Waals surface area contributed by atoms with Gasteiger partial charge in [-0.1, -0.05) is 20.8 Å². The van der Waals surface area contributed by atoms with Crippen LogP contribution < -0.4 is 18.9 Å². The molecule has 0 aromatic carbocycles. The summed E-state index contributed by atoms with van der Waals surface area (Å²) in [7, 11) is 2.22. The Morgan fingerprint density at radius 1 is 1.38 bits per heavy atom. The van der Waals surface area contributed by atoms with E-state index in [-0.39, 0.29) is 18.9 Å². The third-order valence-corrected chi connectivity index (χ3v) is 5.24. The minimum absolute atomic E-state index is 0. The van der Waals surface area contributed by atoms with E-state index in [4.69, 9.17) is 0 Å². The van der Waals surface area contributed by atoms with Gasteiger partial charge < -0.3 is 11.0 Å². The number of hydrogen-bond donors (Lipinski definition) is 0. The predicted octanol–water partition coefficient (Wildman–Crippen LogP) is -0.0179. The first-order valence-corrected chi connectivity index (χ1v) is 6.18. The summed E-state index contributed by atoms with van der Waals surface area (Å²) >= 11 is 0. The Hall–Kier alpha value is 0.297. The molecule has 1 nitrogen and oxygen atoms in total. The van der Waals surface area contributed by atoms with E-state index >= 15 is 0 Å². The smallest absolute Gasteiger partial charge is 0.489 e. The Morgan fingerprint density at radius 2 is 2.00 bits per heavy atom. The molecule has 0 aromatic rings. The summed E-state index contributed by atoms with van der Waals surface area (Å²) in [5.74, 6) is 2.73. The molecule has 3 aliphatic rings. The van der Waals surface area contributed by atoms with Gasteiger partial charge in [0, 0.05) is 6.04 Å². The van der Waals surface area contributed by atoms with E-state index in [0.717, 1.165) is 30.3 Å². The molecule has 3 rings (SSSR count). The van der Waals surface area contributed by atoms with E-state index in [1.165, 1.54) is 12.8 Å². The average molecular weight is 213 g/mol. The van der Waals surface area contributed by atoms with Gasteiger partial charge in [-0.2, -0.15) is 0 Å². The maximum atomic E-state index is 3.71. The molecular weight excluding hydrogens is 189 g/mol. The molecule has 3 saturated carbocycles. The summed E-state index contributed by atoms with van der Waals surface area (Å²) in [4.78, 5) is 2.44. The molecule has 3 aliphatic carbocycles. The Labute approximate surface area is 113 Å². The van der Waals surface area contributed by atoms with Crippen molar-refractivity contribution in [3.05, 3.63) is 12.7 Å². The maximum absolute atomic E-state index is 3.71. The van der Waals surface area contributed by atoms with E-state index in [1.54, 1.807) is 0 Å². The van der Waals surface area contributed by atoms with Crippen molar-refractivity contribution in [3.8, 4) is 0 Å². The molecule has 3 fully saturated rings. The van der Waals surface area contributed by atoms with Crippen molar-refractivity contribution < 1.29 is 18.9 Å². The van der Waals surface area contributed by atoms with Crippen LogP contribution in [0.3, 0.4) is 0 Å². The number of nitrogens with zero attached hydrogens (tertiary/aromatic N) is 1. The fraction of sp³-hybridized carbons (Fsp3) is 0.857. The van der Waals surface area contributed by atoms with Gasteiger partial charge in [0.2, 0.25) is 0 Å². The molecule has 0 radical (unpaired) electrons. The molecule has 0 N–H and O–H groups in total. The molecule has 0 amide bonds. The van der Waals surface area contributed by atoms with Crippen LogP contribution in [0.5, 0.6) is 0 Å². The Kier molecular flexibility index (Phi) is 4.39. The van der Waals surface area contributed by atoms with Crippen molar-refractivity contribution in [1.82, 2.24) is 4.90 Å². The second-order valence-corrected chi connectivity index (χ2v) is 6.19. The zero-order valence-electron chi connectivity index (χ0n) is 11.6. The summed E-state index contributed by atoms with van der Waals surface area (Å²) < 4.78 is 0. The van der Waals surface area contributed by atoms with Crippen LogP contribution in [0.2, 0.25) is 0 Å². The van der Waals surface area contributed by atoms with Gasteiger partial charge in [0.1, 0.15) is 0 Å². The predicted molar refractivity (Wildman–Crippen MR) is 64.4 cm³/mol. The normalized spacial score (nSPS) is 39.8. The maximum Gasteiger partial charge on any atom is 1.00 e. The zero-order valence-corrected chi connectivity index (χ0v) is 11.6. The zero-order chi connectivity index (χ0) is 11.2. The largest absolute Gasteiger partial charge is 1.00 e. The van der Waals surface area contributed by atoms with Gasteiger partial charge in [-0.25, -0.2) is 0 Å². The molecule has 16 heavy (non-hydrogen) atoms. The molecule has 0 heterocycles. The van der Waals surface area contributed by atoms with Crippen molar-refractivity contribution >= 4 is 0 Å². The van der Waals surface area contributed by atoms with Crippen molar-refractivity contribution in [3.63, 3.8) is 0 Å². The molecule has 0 aliphatic heterocycles. The van der Waals surface area contributed by atoms with Crippen LogP contribution in [0, 0.1) is 29.2 Å². The van der Waals surface area contributed by atoms with Crippen molar-refractivity contribution in [2.24, 2.45) is 23.2 Å². The number of likely N-dealkylation sites (N-methyl/N-ethyl adjacent to an activating group) is 1. The molecule has 0 spiro atoms. The van der Waals surface area contributed by atoms with E-state index < -0.39 is 0 Å². The molecule has 0 saturated heterocycles. The van der Waals surface area contributed by atoms with Gasteiger partial charge in [-0.3, -0.25) is 6.58 Å². The summed E-state index contributed by atoms with van der Waals surface area (Å²) in [5.41, 5.74) is 0.606. The average Bonchev–Trinajstić information content (AvgIpc) is 2.17. The molecule has 86 valence electrons. The van der Waals surface area contributed by atoms with Gasteiger partial charge in [0.25, 0.3) is 0 Å². The molecule has 0 aromatic heterocycles. The third kappa shape index (κ3) is 2.03. The second kappa shape index (κ2) is 4.89. The number of fused-ring (bicyclic) bond motifs is 2. The molecule has 2 bridgehead atoms. The van der Waals surface area contributed by atoms with Crippen LogP contribution in [-0.2, 0) is 0 Å². The van der Waals surface area contributed by atoms with E-state index in [9.17, 15) is 0 Å². The standard InChI is InChI=1S/C14H24N.Li/c1-6-7-15(5)13-9-11-8-12(10(13)2)14(11,3)4;/h10-13H,1,7-9H2,2-5H3;/q-1;+1/t10-,11+,12-,13-;/m1./s1. The van der Waals surface area contributed by atoms with E-state index in [1.807, 2.05) is 0 Å². The first kappa shape index (κ1) is 14.4. The molecule has 2 heteroatoms. The summed E-state index contributed by atoms with van der Waals surface area (Å²) in [5, 5.41) is 0. The molecule has 0 unspecified atom stereocenters. The SMILES string of the molecule is C=[C-]CN(C)[C@@H]1C[C@@H]2C[C@H]([C@H]1C)C2(C)C.[Li+]. The number of hydrogen-bond acceptors (Lipinski definition) is 1. The quantitative estimate of drug-likeness (QED) is 0.470. The van der Waals surface area contributed by atoms with Crippen LogP contribution in [-0.4, -0.2) is 24.5 Å². The topological polar surface area (TPSA) is 3.24 Å². The van der Waals surface area contributed by atoms with Gasteiger partial charge in [-0.15, -0.1) is 6.54 Å². The van der Waals surface area contributed by atoms with Crippen LogP contribution in [0.1, 0.15) is 33.6 Å². The monoisotopic (exact) mass is 213 g/mol.